The highest BCUT2D eigenvalue weighted by atomic mass is 35.5. The van der Waals surface area contributed by atoms with Gasteiger partial charge in [-0.15, -0.1) is 11.6 Å². The largest absolute Gasteiger partial charge is 0.383 e. The second-order valence-corrected chi connectivity index (χ2v) is 3.98. The van der Waals surface area contributed by atoms with E-state index < -0.39 is 17.5 Å². The summed E-state index contributed by atoms with van der Waals surface area (Å²) in [6.45, 7) is 1.02. The number of ether oxygens (including phenoxy) is 1. The summed E-state index contributed by atoms with van der Waals surface area (Å²) in [4.78, 5) is 13.5. The number of benzene rings is 1. The first-order valence-electron chi connectivity index (χ1n) is 5.39. The Bertz CT molecular complexity index is 415. The molecule has 1 amide bonds. The van der Waals surface area contributed by atoms with Gasteiger partial charge in [0.25, 0.3) is 5.91 Å². The number of rotatable bonds is 6. The molecule has 0 aliphatic heterocycles. The molecule has 0 unspecified atom stereocenters. The number of hydrogen-bond donors (Lipinski definition) is 0. The lowest BCUT2D eigenvalue weighted by Gasteiger charge is -2.21. The van der Waals surface area contributed by atoms with Crippen molar-refractivity contribution in [2.24, 2.45) is 0 Å². The maximum absolute atomic E-state index is 13.0. The van der Waals surface area contributed by atoms with Crippen LogP contribution in [-0.2, 0) is 4.74 Å². The zero-order chi connectivity index (χ0) is 13.5. The van der Waals surface area contributed by atoms with Gasteiger partial charge < -0.3 is 9.64 Å². The van der Waals surface area contributed by atoms with Crippen LogP contribution in [0, 0.1) is 11.6 Å². The molecule has 0 aromatic heterocycles. The first kappa shape index (κ1) is 14.9. The summed E-state index contributed by atoms with van der Waals surface area (Å²) in [5.74, 6) is -2.16. The number of methoxy groups -OCH3 is 1. The highest BCUT2D eigenvalue weighted by molar-refractivity contribution is 6.18. The standard InChI is InChI=1S/C12H14ClF2NO2/c1-18-7-6-16(5-4-13)12(17)9-2-3-10(14)11(15)8-9/h2-3,8H,4-7H2,1H3. The predicted octanol–water partition coefficient (Wildman–Crippen LogP) is 2.29. The Labute approximate surface area is 109 Å². The first-order chi connectivity index (χ1) is 8.60. The van der Waals surface area contributed by atoms with Crippen molar-refractivity contribution >= 4 is 17.5 Å². The van der Waals surface area contributed by atoms with Gasteiger partial charge in [0.15, 0.2) is 11.6 Å². The van der Waals surface area contributed by atoms with E-state index in [9.17, 15) is 13.6 Å². The predicted molar refractivity (Wildman–Crippen MR) is 64.9 cm³/mol. The number of nitrogens with zero attached hydrogens (tertiary/aromatic N) is 1. The van der Waals surface area contributed by atoms with Crippen LogP contribution >= 0.6 is 11.6 Å². The minimum Gasteiger partial charge on any atom is -0.383 e. The lowest BCUT2D eigenvalue weighted by Crippen LogP contribution is -2.35. The van der Waals surface area contributed by atoms with Crippen LogP contribution in [0.4, 0.5) is 8.78 Å². The van der Waals surface area contributed by atoms with Crippen LogP contribution < -0.4 is 0 Å². The third-order valence-electron chi connectivity index (χ3n) is 2.37. The average Bonchev–Trinajstić information content (AvgIpc) is 2.37. The van der Waals surface area contributed by atoms with E-state index in [-0.39, 0.29) is 11.4 Å². The summed E-state index contributed by atoms with van der Waals surface area (Å²) in [5.41, 5.74) is 0.0927. The number of carbonyl (C=O) groups excluding carboxylic acids is 1. The minimum atomic E-state index is -1.04. The Kier molecular flexibility index (Phi) is 6.01. The molecule has 0 saturated carbocycles. The fourth-order valence-corrected chi connectivity index (χ4v) is 1.63. The van der Waals surface area contributed by atoms with Crippen LogP contribution in [0.15, 0.2) is 18.2 Å². The third-order valence-corrected chi connectivity index (χ3v) is 2.54. The molecule has 0 spiro atoms. The van der Waals surface area contributed by atoms with E-state index in [0.29, 0.717) is 19.7 Å². The first-order valence-corrected chi connectivity index (χ1v) is 5.92. The summed E-state index contributed by atoms with van der Waals surface area (Å²) in [7, 11) is 1.51. The van der Waals surface area contributed by atoms with E-state index >= 15 is 0 Å². The molecule has 100 valence electrons. The van der Waals surface area contributed by atoms with Crippen LogP contribution in [0.5, 0.6) is 0 Å². The Morgan fingerprint density at radius 1 is 1.33 bits per heavy atom. The van der Waals surface area contributed by atoms with Crippen molar-refractivity contribution in [3.8, 4) is 0 Å². The van der Waals surface area contributed by atoms with Gasteiger partial charge in [-0.1, -0.05) is 0 Å². The summed E-state index contributed by atoms with van der Waals surface area (Å²) >= 11 is 5.59. The smallest absolute Gasteiger partial charge is 0.254 e. The monoisotopic (exact) mass is 277 g/mol. The highest BCUT2D eigenvalue weighted by Gasteiger charge is 2.16. The molecule has 0 saturated heterocycles. The van der Waals surface area contributed by atoms with Gasteiger partial charge in [-0.05, 0) is 18.2 Å². The van der Waals surface area contributed by atoms with Gasteiger partial charge in [0.05, 0.1) is 6.61 Å². The molecule has 0 aliphatic rings. The lowest BCUT2D eigenvalue weighted by molar-refractivity contribution is 0.0707. The van der Waals surface area contributed by atoms with Crippen molar-refractivity contribution in [3.05, 3.63) is 35.4 Å². The van der Waals surface area contributed by atoms with Crippen LogP contribution in [0.1, 0.15) is 10.4 Å². The van der Waals surface area contributed by atoms with Crippen LogP contribution in [0.2, 0.25) is 0 Å². The van der Waals surface area contributed by atoms with Crippen molar-refractivity contribution in [2.75, 3.05) is 32.7 Å². The molecule has 0 aliphatic carbocycles. The fourth-order valence-electron chi connectivity index (χ4n) is 1.43. The van der Waals surface area contributed by atoms with E-state index in [1.807, 2.05) is 0 Å². The normalized spacial score (nSPS) is 10.4. The average molecular weight is 278 g/mol. The zero-order valence-corrected chi connectivity index (χ0v) is 10.7. The summed E-state index contributed by atoms with van der Waals surface area (Å²) in [5, 5.41) is 0. The molecule has 0 heterocycles. The number of halogens is 3. The van der Waals surface area contributed by atoms with Crippen LogP contribution in [0.25, 0.3) is 0 Å². The molecule has 0 fully saturated rings. The van der Waals surface area contributed by atoms with Gasteiger partial charge >= 0.3 is 0 Å². The van der Waals surface area contributed by atoms with Crippen LogP contribution in [-0.4, -0.2) is 43.5 Å². The Morgan fingerprint density at radius 2 is 2.06 bits per heavy atom. The molecular weight excluding hydrogens is 264 g/mol. The molecule has 0 bridgehead atoms. The SMILES string of the molecule is COCCN(CCCl)C(=O)c1ccc(F)c(F)c1. The molecule has 1 aromatic rings. The second kappa shape index (κ2) is 7.28. The van der Waals surface area contributed by atoms with Gasteiger partial charge in [-0.3, -0.25) is 4.79 Å². The summed E-state index contributed by atoms with van der Waals surface area (Å²) < 4.78 is 30.7. The van der Waals surface area contributed by atoms with Crippen molar-refractivity contribution in [3.63, 3.8) is 0 Å². The van der Waals surface area contributed by atoms with Crippen molar-refractivity contribution in [1.29, 1.82) is 0 Å². The topological polar surface area (TPSA) is 29.5 Å². The van der Waals surface area contributed by atoms with Gasteiger partial charge in [-0.25, -0.2) is 8.78 Å². The lowest BCUT2D eigenvalue weighted by atomic mass is 10.2. The van der Waals surface area contributed by atoms with Gasteiger partial charge in [0.1, 0.15) is 0 Å². The number of amides is 1. The zero-order valence-electron chi connectivity index (χ0n) is 9.96. The van der Waals surface area contributed by atoms with Gasteiger partial charge in [0.2, 0.25) is 0 Å². The molecular formula is C12H14ClF2NO2. The van der Waals surface area contributed by atoms with Gasteiger partial charge in [0, 0.05) is 31.6 Å². The van der Waals surface area contributed by atoms with Crippen molar-refractivity contribution in [2.45, 2.75) is 0 Å². The van der Waals surface area contributed by atoms with E-state index in [1.54, 1.807) is 0 Å². The van der Waals surface area contributed by atoms with Crippen LogP contribution in [0.3, 0.4) is 0 Å². The number of carbonyl (C=O) groups is 1. The van der Waals surface area contributed by atoms with E-state index in [2.05, 4.69) is 0 Å². The maximum atomic E-state index is 13.0. The Hall–Kier alpha value is -1.20. The molecule has 3 nitrogen and oxygen atoms in total. The Morgan fingerprint density at radius 3 is 2.61 bits per heavy atom. The van der Waals surface area contributed by atoms with Gasteiger partial charge in [-0.2, -0.15) is 0 Å². The second-order valence-electron chi connectivity index (χ2n) is 3.60. The summed E-state index contributed by atoms with van der Waals surface area (Å²) in [6.07, 6.45) is 0. The number of hydrogen-bond acceptors (Lipinski definition) is 2. The molecule has 1 rings (SSSR count). The van der Waals surface area contributed by atoms with Crippen molar-refractivity contribution in [1.82, 2.24) is 4.90 Å². The maximum Gasteiger partial charge on any atom is 0.254 e. The molecule has 6 heteroatoms. The highest BCUT2D eigenvalue weighted by Crippen LogP contribution is 2.11. The van der Waals surface area contributed by atoms with E-state index in [4.69, 9.17) is 16.3 Å². The molecule has 0 radical (unpaired) electrons. The van der Waals surface area contributed by atoms with Crippen molar-refractivity contribution < 1.29 is 18.3 Å². The molecule has 0 atom stereocenters. The fraction of sp³-hybridized carbons (Fsp3) is 0.417. The third kappa shape index (κ3) is 3.92. The molecule has 1 aromatic carbocycles. The summed E-state index contributed by atoms with van der Waals surface area (Å²) in [6, 6.07) is 3.05. The minimum absolute atomic E-state index is 0.0927. The quantitative estimate of drug-likeness (QED) is 0.747. The molecule has 0 N–H and O–H groups in total. The van der Waals surface area contributed by atoms with E-state index in [0.717, 1.165) is 12.1 Å². The Balaban J connectivity index is 2.83. The van der Waals surface area contributed by atoms with E-state index in [1.165, 1.54) is 18.1 Å². The number of alkyl halides is 1. The molecule has 18 heavy (non-hydrogen) atoms.